The van der Waals surface area contributed by atoms with Crippen LogP contribution in [0.3, 0.4) is 0 Å². The van der Waals surface area contributed by atoms with Gasteiger partial charge in [0.1, 0.15) is 5.52 Å². The number of hydrogen-bond donors (Lipinski definition) is 2. The van der Waals surface area contributed by atoms with Gasteiger partial charge in [-0.3, -0.25) is 4.79 Å². The molecule has 1 aliphatic heterocycles. The van der Waals surface area contributed by atoms with Gasteiger partial charge < -0.3 is 19.8 Å². The molecule has 2 heterocycles. The monoisotopic (exact) mass is 467 g/mol. The van der Waals surface area contributed by atoms with E-state index < -0.39 is 5.97 Å². The van der Waals surface area contributed by atoms with Gasteiger partial charge in [-0.25, -0.2) is 4.79 Å². The first-order valence-electron chi connectivity index (χ1n) is 11.9. The van der Waals surface area contributed by atoms with E-state index in [-0.39, 0.29) is 11.3 Å². The molecule has 6 rings (SSSR count). The molecule has 1 fully saturated rings. The molecule has 0 bridgehead atoms. The number of nitrogens with zero attached hydrogens (tertiary/aromatic N) is 2. The smallest absolute Gasteiger partial charge is 0.337 e. The number of carbonyl (C=O) groups excluding carboxylic acids is 1. The van der Waals surface area contributed by atoms with Crippen molar-refractivity contribution in [1.82, 2.24) is 5.16 Å². The van der Waals surface area contributed by atoms with Crippen LogP contribution in [0.25, 0.3) is 22.2 Å². The van der Waals surface area contributed by atoms with Gasteiger partial charge in [-0.1, -0.05) is 55.4 Å². The van der Waals surface area contributed by atoms with E-state index in [1.807, 2.05) is 24.3 Å². The molecule has 3 aromatic carbocycles. The molecule has 7 heteroatoms. The van der Waals surface area contributed by atoms with Gasteiger partial charge in [0.15, 0.2) is 11.5 Å². The normalized spacial score (nSPS) is 19.0. The van der Waals surface area contributed by atoms with E-state index in [9.17, 15) is 14.7 Å². The quantitative estimate of drug-likeness (QED) is 0.336. The Morgan fingerprint density at radius 2 is 1.71 bits per heavy atom. The van der Waals surface area contributed by atoms with Crippen LogP contribution >= 0.6 is 0 Å². The van der Waals surface area contributed by atoms with Gasteiger partial charge in [0.2, 0.25) is 0 Å². The van der Waals surface area contributed by atoms with Crippen LogP contribution < -0.4 is 10.2 Å². The highest BCUT2D eigenvalue weighted by molar-refractivity contribution is 6.29. The number of anilines is 3. The number of piperidine rings is 1. The first kappa shape index (κ1) is 21.4. The number of fused-ring (bicyclic) bond motifs is 2. The summed E-state index contributed by atoms with van der Waals surface area (Å²) in [5.74, 6) is 0.422. The zero-order valence-corrected chi connectivity index (χ0v) is 19.5. The molecule has 1 aromatic heterocycles. The standard InChI is InChI=1S/C28H25N3O4/c1-15-11-16(2)14-31(13-15)22-12-21(29-20-10-6-5-9-19(20)28(33)34)23-24-25(22)30-35-27(24)18-8-4-3-7-17(18)26(23)32/h3-10,12,15-16,29H,11,13-14H2,1-2H3,(H,33,34)/t15-,16-/m1/s1. The maximum Gasteiger partial charge on any atom is 0.337 e. The maximum atomic E-state index is 13.8. The van der Waals surface area contributed by atoms with E-state index in [0.29, 0.717) is 51.0 Å². The first-order valence-corrected chi connectivity index (χ1v) is 11.9. The van der Waals surface area contributed by atoms with Crippen LogP contribution in [0.5, 0.6) is 0 Å². The van der Waals surface area contributed by atoms with Crippen LogP contribution in [0, 0.1) is 11.8 Å². The lowest BCUT2D eigenvalue weighted by Crippen LogP contribution is -2.39. The van der Waals surface area contributed by atoms with Crippen LogP contribution in [0.1, 0.15) is 46.5 Å². The van der Waals surface area contributed by atoms with Gasteiger partial charge in [0.25, 0.3) is 0 Å². The molecule has 2 atom stereocenters. The largest absolute Gasteiger partial charge is 0.478 e. The third kappa shape index (κ3) is 3.38. The average molecular weight is 468 g/mol. The Morgan fingerprint density at radius 3 is 2.46 bits per heavy atom. The molecule has 0 radical (unpaired) electrons. The lowest BCUT2D eigenvalue weighted by atomic mass is 9.85. The number of ketones is 1. The van der Waals surface area contributed by atoms with E-state index in [4.69, 9.17) is 4.52 Å². The summed E-state index contributed by atoms with van der Waals surface area (Å²) in [6, 6.07) is 16.0. The predicted molar refractivity (Wildman–Crippen MR) is 135 cm³/mol. The second-order valence-electron chi connectivity index (χ2n) is 9.76. The number of benzene rings is 3. The maximum absolute atomic E-state index is 13.8. The Hall–Kier alpha value is -4.13. The molecule has 176 valence electrons. The van der Waals surface area contributed by atoms with Crippen LogP contribution in [-0.4, -0.2) is 35.1 Å². The summed E-state index contributed by atoms with van der Waals surface area (Å²) in [7, 11) is 0. The highest BCUT2D eigenvalue weighted by Crippen LogP contribution is 2.47. The molecule has 1 saturated heterocycles. The second kappa shape index (κ2) is 7.98. The summed E-state index contributed by atoms with van der Waals surface area (Å²) in [4.78, 5) is 28.0. The van der Waals surface area contributed by atoms with Gasteiger partial charge >= 0.3 is 5.97 Å². The average Bonchev–Trinajstić information content (AvgIpc) is 3.27. The van der Waals surface area contributed by atoms with Crippen molar-refractivity contribution in [3.8, 4) is 11.3 Å². The molecule has 0 unspecified atom stereocenters. The van der Waals surface area contributed by atoms with Gasteiger partial charge in [-0.05, 0) is 36.5 Å². The van der Waals surface area contributed by atoms with Crippen molar-refractivity contribution in [2.75, 3.05) is 23.3 Å². The fourth-order valence-corrected chi connectivity index (χ4v) is 5.67. The number of aromatic carboxylic acids is 1. The molecule has 1 aliphatic carbocycles. The molecule has 2 aliphatic rings. The van der Waals surface area contributed by atoms with Gasteiger partial charge in [-0.2, -0.15) is 0 Å². The van der Waals surface area contributed by atoms with Gasteiger partial charge in [0.05, 0.1) is 33.6 Å². The van der Waals surface area contributed by atoms with Crippen LogP contribution in [0.2, 0.25) is 0 Å². The summed E-state index contributed by atoms with van der Waals surface area (Å²) < 4.78 is 5.87. The number of carboxylic acid groups (broad SMARTS) is 1. The molecular weight excluding hydrogens is 442 g/mol. The predicted octanol–water partition coefficient (Wildman–Crippen LogP) is 5.96. The summed E-state index contributed by atoms with van der Waals surface area (Å²) in [5.41, 5.74) is 4.38. The summed E-state index contributed by atoms with van der Waals surface area (Å²) >= 11 is 0. The highest BCUT2D eigenvalue weighted by atomic mass is 16.5. The lowest BCUT2D eigenvalue weighted by Gasteiger charge is -2.37. The van der Waals surface area contributed by atoms with Crippen molar-refractivity contribution in [3.63, 3.8) is 0 Å². The van der Waals surface area contributed by atoms with Gasteiger partial charge in [0, 0.05) is 24.2 Å². The van der Waals surface area contributed by atoms with E-state index in [0.717, 1.165) is 30.8 Å². The Bertz CT molecular complexity index is 1500. The summed E-state index contributed by atoms with van der Waals surface area (Å²) in [5, 5.41) is 18.1. The number of rotatable bonds is 4. The van der Waals surface area contributed by atoms with E-state index in [1.165, 1.54) is 0 Å². The third-order valence-corrected chi connectivity index (χ3v) is 7.01. The highest BCUT2D eigenvalue weighted by Gasteiger charge is 2.35. The third-order valence-electron chi connectivity index (χ3n) is 7.01. The van der Waals surface area contributed by atoms with Crippen molar-refractivity contribution >= 4 is 39.7 Å². The van der Waals surface area contributed by atoms with Crippen LogP contribution in [0.15, 0.2) is 59.1 Å². The van der Waals surface area contributed by atoms with Crippen LogP contribution in [-0.2, 0) is 0 Å². The minimum Gasteiger partial charge on any atom is -0.478 e. The molecule has 35 heavy (non-hydrogen) atoms. The zero-order valence-electron chi connectivity index (χ0n) is 19.5. The Balaban J connectivity index is 1.61. The van der Waals surface area contributed by atoms with Gasteiger partial charge in [-0.15, -0.1) is 0 Å². The first-order chi connectivity index (χ1) is 16.9. The number of nitrogens with one attached hydrogen (secondary N) is 1. The molecule has 0 amide bonds. The fourth-order valence-electron chi connectivity index (χ4n) is 5.67. The Labute approximate surface area is 202 Å². The molecular formula is C28H25N3O4. The number of carboxylic acids is 1. The minimum absolute atomic E-state index is 0.135. The molecule has 0 spiro atoms. The van der Waals surface area contributed by atoms with Crippen molar-refractivity contribution in [1.29, 1.82) is 0 Å². The lowest BCUT2D eigenvalue weighted by molar-refractivity contribution is 0.0698. The second-order valence-corrected chi connectivity index (χ2v) is 9.76. The topological polar surface area (TPSA) is 95.7 Å². The summed E-state index contributed by atoms with van der Waals surface area (Å²) in [6.45, 7) is 6.23. The van der Waals surface area contributed by atoms with Crippen molar-refractivity contribution < 1.29 is 19.2 Å². The number of aromatic nitrogens is 1. The fraction of sp³-hybridized carbons (Fsp3) is 0.250. The van der Waals surface area contributed by atoms with E-state index in [2.05, 4.69) is 29.2 Å². The Kier molecular flexibility index (Phi) is 4.88. The molecule has 4 aromatic rings. The van der Waals surface area contributed by atoms with Crippen LogP contribution in [0.4, 0.5) is 17.1 Å². The molecule has 7 nitrogen and oxygen atoms in total. The number of carbonyl (C=O) groups is 2. The molecule has 2 N–H and O–H groups in total. The zero-order chi connectivity index (χ0) is 24.3. The van der Waals surface area contributed by atoms with E-state index in [1.54, 1.807) is 30.3 Å². The summed E-state index contributed by atoms with van der Waals surface area (Å²) in [6.07, 6.45) is 1.16. The SMILES string of the molecule is C[C@@H]1C[C@@H](C)CN(c2cc(Nc3ccccc3C(=O)O)c3c4c(onc24)-c2ccccc2C3=O)C1. The minimum atomic E-state index is -1.04. The number of hydrogen-bond acceptors (Lipinski definition) is 6. The Morgan fingerprint density at radius 1 is 1.03 bits per heavy atom. The van der Waals surface area contributed by atoms with E-state index >= 15 is 0 Å². The van der Waals surface area contributed by atoms with Crippen molar-refractivity contribution in [3.05, 3.63) is 71.3 Å². The van der Waals surface area contributed by atoms with Crippen molar-refractivity contribution in [2.45, 2.75) is 20.3 Å². The molecule has 0 saturated carbocycles. The number of para-hydroxylation sites is 1. The van der Waals surface area contributed by atoms with Crippen molar-refractivity contribution in [2.24, 2.45) is 11.8 Å².